The third-order valence-electron chi connectivity index (χ3n) is 5.58. The van der Waals surface area contributed by atoms with Gasteiger partial charge < -0.3 is 4.90 Å². The molecule has 5 rings (SSSR count). The molecule has 4 aromatic rings. The zero-order chi connectivity index (χ0) is 21.4. The zero-order valence-electron chi connectivity index (χ0n) is 17.4. The van der Waals surface area contributed by atoms with Crippen LogP contribution in [-0.2, 0) is 4.79 Å². The van der Waals surface area contributed by atoms with Crippen molar-refractivity contribution < 1.29 is 4.79 Å². The standard InChI is InChI=1S/C23H23N5OS2/c1-15(22-24-18-10-6-7-11-19(18)31-22)27(2)20(29)14-30-23-26-25-21(16-12-13-16)28(23)17-8-4-3-5-9-17/h3-11,15-16H,12-14H2,1-2H3/t15-/m1/s1. The van der Waals surface area contributed by atoms with Crippen LogP contribution in [0.2, 0.25) is 0 Å². The minimum Gasteiger partial charge on any atom is -0.336 e. The van der Waals surface area contributed by atoms with E-state index in [1.807, 2.05) is 50.4 Å². The van der Waals surface area contributed by atoms with E-state index in [1.165, 1.54) is 11.8 Å². The number of para-hydroxylation sites is 2. The van der Waals surface area contributed by atoms with Crippen LogP contribution >= 0.6 is 23.1 Å². The van der Waals surface area contributed by atoms with Crippen molar-refractivity contribution in [2.24, 2.45) is 0 Å². The molecule has 1 saturated carbocycles. The van der Waals surface area contributed by atoms with Crippen molar-refractivity contribution in [3.05, 3.63) is 65.4 Å². The van der Waals surface area contributed by atoms with Crippen LogP contribution in [0.4, 0.5) is 0 Å². The first-order valence-corrected chi connectivity index (χ1v) is 12.2. The fraction of sp³-hybridized carbons (Fsp3) is 0.304. The third kappa shape index (κ3) is 4.09. The van der Waals surface area contributed by atoms with Crippen molar-refractivity contribution in [2.75, 3.05) is 12.8 Å². The number of carbonyl (C=O) groups is 1. The van der Waals surface area contributed by atoms with Crippen LogP contribution in [0.1, 0.15) is 42.6 Å². The van der Waals surface area contributed by atoms with E-state index in [1.54, 1.807) is 16.2 Å². The number of hydrogen-bond acceptors (Lipinski definition) is 6. The van der Waals surface area contributed by atoms with Crippen molar-refractivity contribution in [1.82, 2.24) is 24.6 Å². The number of amides is 1. The maximum absolute atomic E-state index is 13.0. The number of benzene rings is 2. The molecule has 0 unspecified atom stereocenters. The molecule has 6 nitrogen and oxygen atoms in total. The van der Waals surface area contributed by atoms with E-state index >= 15 is 0 Å². The van der Waals surface area contributed by atoms with E-state index in [2.05, 4.69) is 33.0 Å². The average molecular weight is 450 g/mol. The molecule has 1 fully saturated rings. The van der Waals surface area contributed by atoms with Crippen molar-refractivity contribution in [1.29, 1.82) is 0 Å². The highest BCUT2D eigenvalue weighted by molar-refractivity contribution is 7.99. The summed E-state index contributed by atoms with van der Waals surface area (Å²) in [6.07, 6.45) is 2.30. The number of carbonyl (C=O) groups excluding carboxylic acids is 1. The van der Waals surface area contributed by atoms with Crippen molar-refractivity contribution in [3.8, 4) is 5.69 Å². The molecule has 0 N–H and O–H groups in total. The second kappa shape index (κ2) is 8.43. The van der Waals surface area contributed by atoms with Crippen LogP contribution in [0.25, 0.3) is 15.9 Å². The molecular formula is C23H23N5OS2. The Hall–Kier alpha value is -2.71. The van der Waals surface area contributed by atoms with Gasteiger partial charge in [0.15, 0.2) is 5.16 Å². The fourth-order valence-electron chi connectivity index (χ4n) is 3.48. The third-order valence-corrected chi connectivity index (χ3v) is 7.70. The van der Waals surface area contributed by atoms with Crippen LogP contribution in [-0.4, -0.2) is 43.4 Å². The lowest BCUT2D eigenvalue weighted by atomic mass is 10.3. The van der Waals surface area contributed by atoms with E-state index in [9.17, 15) is 4.79 Å². The van der Waals surface area contributed by atoms with Gasteiger partial charge in [-0.1, -0.05) is 42.1 Å². The van der Waals surface area contributed by atoms with Gasteiger partial charge in [0, 0.05) is 18.7 Å². The fourth-order valence-corrected chi connectivity index (χ4v) is 5.42. The van der Waals surface area contributed by atoms with Crippen LogP contribution in [0.15, 0.2) is 59.8 Å². The summed E-state index contributed by atoms with van der Waals surface area (Å²) in [5.41, 5.74) is 2.02. The van der Waals surface area contributed by atoms with Crippen molar-refractivity contribution in [3.63, 3.8) is 0 Å². The summed E-state index contributed by atoms with van der Waals surface area (Å²) in [4.78, 5) is 19.5. The van der Waals surface area contributed by atoms with Gasteiger partial charge in [-0.05, 0) is 44.0 Å². The van der Waals surface area contributed by atoms with Gasteiger partial charge in [-0.3, -0.25) is 9.36 Å². The maximum Gasteiger partial charge on any atom is 0.233 e. The van der Waals surface area contributed by atoms with Crippen LogP contribution < -0.4 is 0 Å². The molecule has 1 aliphatic rings. The molecule has 0 radical (unpaired) electrons. The average Bonchev–Trinajstić information content (AvgIpc) is 3.41. The highest BCUT2D eigenvalue weighted by Gasteiger charge is 2.31. The van der Waals surface area contributed by atoms with Crippen molar-refractivity contribution >= 4 is 39.2 Å². The number of hydrogen-bond donors (Lipinski definition) is 0. The monoisotopic (exact) mass is 449 g/mol. The second-order valence-electron chi connectivity index (χ2n) is 7.78. The molecule has 2 aromatic heterocycles. The summed E-state index contributed by atoms with van der Waals surface area (Å²) in [6.45, 7) is 2.03. The molecule has 0 saturated heterocycles. The van der Waals surface area contributed by atoms with E-state index < -0.39 is 0 Å². The molecule has 0 aliphatic heterocycles. The van der Waals surface area contributed by atoms with Gasteiger partial charge in [0.2, 0.25) is 5.91 Å². The molecule has 1 amide bonds. The summed E-state index contributed by atoms with van der Waals surface area (Å²) in [6, 6.07) is 18.1. The summed E-state index contributed by atoms with van der Waals surface area (Å²) in [7, 11) is 1.84. The molecule has 1 atom stereocenters. The predicted molar refractivity (Wildman–Crippen MR) is 125 cm³/mol. The largest absolute Gasteiger partial charge is 0.336 e. The van der Waals surface area contributed by atoms with Crippen LogP contribution in [0, 0.1) is 0 Å². The molecule has 0 bridgehead atoms. The Balaban J connectivity index is 1.31. The molecular weight excluding hydrogens is 426 g/mol. The minimum atomic E-state index is -0.0838. The Morgan fingerprint density at radius 3 is 2.65 bits per heavy atom. The summed E-state index contributed by atoms with van der Waals surface area (Å²) < 4.78 is 3.25. The van der Waals surface area contributed by atoms with Crippen LogP contribution in [0.3, 0.4) is 0 Å². The maximum atomic E-state index is 13.0. The Kier molecular flexibility index (Phi) is 5.50. The topological polar surface area (TPSA) is 63.9 Å². The summed E-state index contributed by atoms with van der Waals surface area (Å²) in [5, 5.41) is 10.6. The lowest BCUT2D eigenvalue weighted by Crippen LogP contribution is -2.31. The van der Waals surface area contributed by atoms with Crippen LogP contribution in [0.5, 0.6) is 0 Å². The van der Waals surface area contributed by atoms with Gasteiger partial charge in [-0.25, -0.2) is 4.98 Å². The number of thiazole rings is 1. The van der Waals surface area contributed by atoms with Gasteiger partial charge in [0.25, 0.3) is 0 Å². The van der Waals surface area contributed by atoms with Gasteiger partial charge >= 0.3 is 0 Å². The van der Waals surface area contributed by atoms with Gasteiger partial charge in [-0.15, -0.1) is 21.5 Å². The molecule has 31 heavy (non-hydrogen) atoms. The van der Waals surface area contributed by atoms with E-state index in [4.69, 9.17) is 4.98 Å². The normalized spacial score (nSPS) is 14.6. The van der Waals surface area contributed by atoms with Gasteiger partial charge in [0.05, 0.1) is 22.0 Å². The molecule has 2 aromatic carbocycles. The zero-order valence-corrected chi connectivity index (χ0v) is 19.1. The quantitative estimate of drug-likeness (QED) is 0.369. The van der Waals surface area contributed by atoms with E-state index in [0.717, 1.165) is 44.7 Å². The first kappa shape index (κ1) is 20.2. The number of nitrogens with zero attached hydrogens (tertiary/aromatic N) is 5. The lowest BCUT2D eigenvalue weighted by Gasteiger charge is -2.23. The summed E-state index contributed by atoms with van der Waals surface area (Å²) >= 11 is 3.08. The van der Waals surface area contributed by atoms with Gasteiger partial charge in [-0.2, -0.15) is 0 Å². The Labute approximate surface area is 189 Å². The second-order valence-corrected chi connectivity index (χ2v) is 9.78. The number of rotatable bonds is 7. The number of thioether (sulfide) groups is 1. The molecule has 2 heterocycles. The highest BCUT2D eigenvalue weighted by atomic mass is 32.2. The van der Waals surface area contributed by atoms with E-state index in [-0.39, 0.29) is 11.9 Å². The predicted octanol–water partition coefficient (Wildman–Crippen LogP) is 5.07. The SMILES string of the molecule is C[C@H](c1nc2ccccc2s1)N(C)C(=O)CSc1nnc(C2CC2)n1-c1ccccc1. The highest BCUT2D eigenvalue weighted by Crippen LogP contribution is 2.41. The minimum absolute atomic E-state index is 0.0485. The Morgan fingerprint density at radius 1 is 1.16 bits per heavy atom. The molecule has 158 valence electrons. The number of aromatic nitrogens is 4. The lowest BCUT2D eigenvalue weighted by molar-refractivity contribution is -0.128. The number of fused-ring (bicyclic) bond motifs is 1. The Bertz CT molecular complexity index is 1180. The van der Waals surface area contributed by atoms with Crippen molar-refractivity contribution in [2.45, 2.75) is 36.9 Å². The summed E-state index contributed by atoms with van der Waals surface area (Å²) in [5.74, 6) is 1.82. The Morgan fingerprint density at radius 2 is 1.90 bits per heavy atom. The first-order chi connectivity index (χ1) is 15.1. The molecule has 1 aliphatic carbocycles. The first-order valence-electron chi connectivity index (χ1n) is 10.4. The van der Waals surface area contributed by atoms with Gasteiger partial charge in [0.1, 0.15) is 10.8 Å². The smallest absolute Gasteiger partial charge is 0.233 e. The van der Waals surface area contributed by atoms with E-state index in [0.29, 0.717) is 11.7 Å². The molecule has 0 spiro atoms. The molecule has 8 heteroatoms.